The number of nitrogens with zero attached hydrogens (tertiary/aromatic N) is 1. The fourth-order valence-electron chi connectivity index (χ4n) is 3.42. The van der Waals surface area contributed by atoms with E-state index in [1.54, 1.807) is 28.9 Å². The molecule has 25 heavy (non-hydrogen) atoms. The molecule has 3 heterocycles. The number of hydrogen-bond donors (Lipinski definition) is 1. The maximum atomic E-state index is 12.6. The molecule has 0 radical (unpaired) electrons. The van der Waals surface area contributed by atoms with E-state index in [1.807, 2.05) is 18.2 Å². The zero-order chi connectivity index (χ0) is 17.4. The van der Waals surface area contributed by atoms with Gasteiger partial charge in [-0.2, -0.15) is 4.31 Å². The summed E-state index contributed by atoms with van der Waals surface area (Å²) in [6.07, 6.45) is 1.66. The van der Waals surface area contributed by atoms with Crippen LogP contribution in [0.15, 0.2) is 46.0 Å². The number of aromatic amines is 1. The highest BCUT2D eigenvalue weighted by Gasteiger charge is 2.31. The van der Waals surface area contributed by atoms with Crippen molar-refractivity contribution in [3.8, 4) is 5.75 Å². The lowest BCUT2D eigenvalue weighted by Crippen LogP contribution is -2.37. The molecular weight excluding hydrogens is 356 g/mol. The number of methoxy groups -OCH3 is 1. The Kier molecular flexibility index (Phi) is 4.31. The first-order valence-electron chi connectivity index (χ1n) is 8.28. The van der Waals surface area contributed by atoms with Gasteiger partial charge < -0.3 is 9.72 Å². The van der Waals surface area contributed by atoms with Crippen molar-refractivity contribution in [2.45, 2.75) is 23.0 Å². The van der Waals surface area contributed by atoms with Gasteiger partial charge in [0, 0.05) is 35.6 Å². The molecule has 1 fully saturated rings. The lowest BCUT2D eigenvalue weighted by Gasteiger charge is -2.30. The molecule has 1 aromatic carbocycles. The van der Waals surface area contributed by atoms with Crippen molar-refractivity contribution in [2.24, 2.45) is 0 Å². The normalized spacial score (nSPS) is 17.2. The molecule has 0 atom stereocenters. The molecule has 0 amide bonds. The number of rotatable bonds is 4. The molecule has 1 aliphatic heterocycles. The van der Waals surface area contributed by atoms with Crippen molar-refractivity contribution in [3.05, 3.63) is 47.5 Å². The van der Waals surface area contributed by atoms with Gasteiger partial charge in [0.1, 0.15) is 9.96 Å². The smallest absolute Gasteiger partial charge is 0.252 e. The van der Waals surface area contributed by atoms with Crippen molar-refractivity contribution >= 4 is 32.3 Å². The van der Waals surface area contributed by atoms with Crippen LogP contribution < -0.4 is 4.74 Å². The Morgan fingerprint density at radius 3 is 2.68 bits per heavy atom. The minimum atomic E-state index is -3.33. The fourth-order valence-corrected chi connectivity index (χ4v) is 6.04. The van der Waals surface area contributed by atoms with Gasteiger partial charge in [0.05, 0.1) is 7.11 Å². The second kappa shape index (κ2) is 6.48. The Hall–Kier alpha value is -1.83. The minimum absolute atomic E-state index is 0.355. The van der Waals surface area contributed by atoms with Crippen molar-refractivity contribution in [3.63, 3.8) is 0 Å². The predicted octanol–water partition coefficient (Wildman–Crippen LogP) is 3.81. The van der Waals surface area contributed by atoms with Crippen LogP contribution in [0.5, 0.6) is 5.75 Å². The quantitative estimate of drug-likeness (QED) is 0.753. The van der Waals surface area contributed by atoms with E-state index >= 15 is 0 Å². The minimum Gasteiger partial charge on any atom is -0.497 e. The van der Waals surface area contributed by atoms with E-state index in [1.165, 1.54) is 17.0 Å². The van der Waals surface area contributed by atoms with Crippen LogP contribution in [0.4, 0.5) is 0 Å². The van der Waals surface area contributed by atoms with Crippen LogP contribution in [0.2, 0.25) is 0 Å². The SMILES string of the molecule is COc1ccc2[nH]c(C3CCN(S(=O)(=O)c4cccs4)CC3)cc2c1. The van der Waals surface area contributed by atoms with Gasteiger partial charge in [-0.3, -0.25) is 0 Å². The second-order valence-electron chi connectivity index (χ2n) is 6.29. The van der Waals surface area contributed by atoms with E-state index in [2.05, 4.69) is 11.1 Å². The van der Waals surface area contributed by atoms with Gasteiger partial charge in [-0.25, -0.2) is 8.42 Å². The molecule has 0 bridgehead atoms. The molecule has 0 aliphatic carbocycles. The van der Waals surface area contributed by atoms with Gasteiger partial charge in [-0.15, -0.1) is 11.3 Å². The first-order chi connectivity index (χ1) is 12.1. The number of aromatic nitrogens is 1. The van der Waals surface area contributed by atoms with Crippen LogP contribution in [0.3, 0.4) is 0 Å². The number of thiophene rings is 1. The molecule has 4 rings (SSSR count). The van der Waals surface area contributed by atoms with Crippen molar-refractivity contribution in [1.82, 2.24) is 9.29 Å². The monoisotopic (exact) mass is 376 g/mol. The lowest BCUT2D eigenvalue weighted by atomic mass is 9.95. The highest BCUT2D eigenvalue weighted by Crippen LogP contribution is 2.33. The van der Waals surface area contributed by atoms with Gasteiger partial charge >= 0.3 is 0 Å². The molecule has 1 saturated heterocycles. The van der Waals surface area contributed by atoms with Crippen molar-refractivity contribution < 1.29 is 13.2 Å². The zero-order valence-electron chi connectivity index (χ0n) is 13.9. The standard InChI is InChI=1S/C18H20N2O3S2/c1-23-15-4-5-16-14(11-15)12-17(19-16)13-6-8-20(9-7-13)25(21,22)18-3-2-10-24-18/h2-5,10-13,19H,6-9H2,1H3. The third kappa shape index (κ3) is 3.07. The third-order valence-corrected chi connectivity index (χ3v) is 8.10. The molecule has 0 spiro atoms. The average Bonchev–Trinajstić information content (AvgIpc) is 3.31. The van der Waals surface area contributed by atoms with Gasteiger partial charge in [0.25, 0.3) is 10.0 Å². The van der Waals surface area contributed by atoms with Crippen LogP contribution in [-0.2, 0) is 10.0 Å². The average molecular weight is 377 g/mol. The number of benzene rings is 1. The summed E-state index contributed by atoms with van der Waals surface area (Å²) in [5.74, 6) is 1.20. The maximum Gasteiger partial charge on any atom is 0.252 e. The molecule has 5 nitrogen and oxygen atoms in total. The van der Waals surface area contributed by atoms with Gasteiger partial charge in [-0.1, -0.05) is 6.07 Å². The molecule has 7 heteroatoms. The molecule has 3 aromatic rings. The first kappa shape index (κ1) is 16.6. The summed E-state index contributed by atoms with van der Waals surface area (Å²) in [5.41, 5.74) is 2.26. The van der Waals surface area contributed by atoms with Crippen LogP contribution in [0, 0.1) is 0 Å². The Balaban J connectivity index is 1.50. The summed E-state index contributed by atoms with van der Waals surface area (Å²) >= 11 is 1.28. The number of H-pyrrole nitrogens is 1. The molecule has 1 aliphatic rings. The number of nitrogens with one attached hydrogen (secondary N) is 1. The first-order valence-corrected chi connectivity index (χ1v) is 10.6. The van der Waals surface area contributed by atoms with E-state index in [0.29, 0.717) is 23.2 Å². The topological polar surface area (TPSA) is 62.4 Å². The van der Waals surface area contributed by atoms with Crippen LogP contribution in [-0.4, -0.2) is 37.9 Å². The highest BCUT2D eigenvalue weighted by molar-refractivity contribution is 7.91. The van der Waals surface area contributed by atoms with Crippen molar-refractivity contribution in [2.75, 3.05) is 20.2 Å². The van der Waals surface area contributed by atoms with Crippen LogP contribution >= 0.6 is 11.3 Å². The second-order valence-corrected chi connectivity index (χ2v) is 9.40. The molecule has 0 saturated carbocycles. The summed E-state index contributed by atoms with van der Waals surface area (Å²) < 4.78 is 32.6. The summed E-state index contributed by atoms with van der Waals surface area (Å²) in [7, 11) is -1.67. The van der Waals surface area contributed by atoms with Crippen LogP contribution in [0.1, 0.15) is 24.5 Å². The van der Waals surface area contributed by atoms with E-state index in [0.717, 1.165) is 29.5 Å². The Labute approximate surface area is 151 Å². The Bertz CT molecular complexity index is 969. The largest absolute Gasteiger partial charge is 0.497 e. The van der Waals surface area contributed by atoms with E-state index < -0.39 is 10.0 Å². The van der Waals surface area contributed by atoms with Crippen molar-refractivity contribution in [1.29, 1.82) is 0 Å². The summed E-state index contributed by atoms with van der Waals surface area (Å²) in [5, 5.41) is 2.93. The summed E-state index contributed by atoms with van der Waals surface area (Å²) in [6.45, 7) is 1.12. The highest BCUT2D eigenvalue weighted by atomic mass is 32.2. The number of fused-ring (bicyclic) bond motifs is 1. The van der Waals surface area contributed by atoms with Gasteiger partial charge in [-0.05, 0) is 48.6 Å². The molecular formula is C18H20N2O3S2. The lowest BCUT2D eigenvalue weighted by molar-refractivity contribution is 0.318. The predicted molar refractivity (Wildman–Crippen MR) is 99.9 cm³/mol. The zero-order valence-corrected chi connectivity index (χ0v) is 15.6. The van der Waals surface area contributed by atoms with Gasteiger partial charge in [0.15, 0.2) is 0 Å². The van der Waals surface area contributed by atoms with E-state index in [-0.39, 0.29) is 0 Å². The maximum absolute atomic E-state index is 12.6. The molecule has 1 N–H and O–H groups in total. The fraction of sp³-hybridized carbons (Fsp3) is 0.333. The summed E-state index contributed by atoms with van der Waals surface area (Å²) in [4.78, 5) is 3.48. The molecule has 2 aromatic heterocycles. The Morgan fingerprint density at radius 2 is 2.00 bits per heavy atom. The Morgan fingerprint density at radius 1 is 1.20 bits per heavy atom. The molecule has 0 unspecified atom stereocenters. The number of ether oxygens (including phenoxy) is 1. The third-order valence-electron chi connectivity index (χ3n) is 4.83. The summed E-state index contributed by atoms with van der Waals surface area (Å²) in [6, 6.07) is 11.6. The van der Waals surface area contributed by atoms with Gasteiger partial charge in [0.2, 0.25) is 0 Å². The molecule has 132 valence electrons. The van der Waals surface area contributed by atoms with E-state index in [4.69, 9.17) is 4.74 Å². The number of piperidine rings is 1. The van der Waals surface area contributed by atoms with Crippen LogP contribution in [0.25, 0.3) is 10.9 Å². The number of hydrogen-bond acceptors (Lipinski definition) is 4. The van der Waals surface area contributed by atoms with E-state index in [9.17, 15) is 8.42 Å². The number of sulfonamides is 1.